The number of thiazole rings is 1. The van der Waals surface area contributed by atoms with Gasteiger partial charge in [0.05, 0.1) is 22.9 Å². The topological polar surface area (TPSA) is 59.5 Å². The number of nitrogens with zero attached hydrogens (tertiary/aromatic N) is 2. The van der Waals surface area contributed by atoms with Gasteiger partial charge in [-0.25, -0.2) is 14.2 Å². The summed E-state index contributed by atoms with van der Waals surface area (Å²) < 4.78 is 18.4. The fourth-order valence-corrected chi connectivity index (χ4v) is 3.73. The molecule has 0 fully saturated rings. The Labute approximate surface area is 167 Å². The van der Waals surface area contributed by atoms with Crippen LogP contribution in [0.3, 0.4) is 0 Å². The van der Waals surface area contributed by atoms with Crippen LogP contribution in [0.2, 0.25) is 5.02 Å². The van der Waals surface area contributed by atoms with E-state index in [0.29, 0.717) is 22.2 Å². The minimum Gasteiger partial charge on any atom is -0.462 e. The van der Waals surface area contributed by atoms with E-state index in [1.54, 1.807) is 13.8 Å². The van der Waals surface area contributed by atoms with Crippen molar-refractivity contribution in [2.24, 2.45) is 0 Å². The predicted octanol–water partition coefficient (Wildman–Crippen LogP) is 5.26. The third kappa shape index (κ3) is 5.26. The maximum Gasteiger partial charge on any atom is 0.350 e. The van der Waals surface area contributed by atoms with Gasteiger partial charge in [-0.3, -0.25) is 9.69 Å². The number of aryl methyl sites for hydroxylation is 1. The minimum absolute atomic E-state index is 0.0411. The maximum absolute atomic E-state index is 13.3. The average Bonchev–Trinajstić information content (AvgIpc) is 3.00. The van der Waals surface area contributed by atoms with Crippen LogP contribution in [0.1, 0.15) is 58.8 Å². The van der Waals surface area contributed by atoms with Gasteiger partial charge >= 0.3 is 5.97 Å². The van der Waals surface area contributed by atoms with Crippen LogP contribution in [0.5, 0.6) is 0 Å². The van der Waals surface area contributed by atoms with Crippen molar-refractivity contribution in [1.82, 2.24) is 4.98 Å². The summed E-state index contributed by atoms with van der Waals surface area (Å²) in [7, 11) is 0. The summed E-state index contributed by atoms with van der Waals surface area (Å²) >= 11 is 7.17. The number of aromatic nitrogens is 1. The molecule has 0 aliphatic rings. The van der Waals surface area contributed by atoms with Crippen molar-refractivity contribution in [2.75, 3.05) is 18.1 Å². The molecule has 27 heavy (non-hydrogen) atoms. The van der Waals surface area contributed by atoms with E-state index in [2.05, 4.69) is 11.9 Å². The largest absolute Gasteiger partial charge is 0.462 e. The van der Waals surface area contributed by atoms with Crippen molar-refractivity contribution in [3.8, 4) is 0 Å². The first kappa shape index (κ1) is 21.3. The van der Waals surface area contributed by atoms with E-state index in [9.17, 15) is 14.0 Å². The molecule has 1 aromatic heterocycles. The fourth-order valence-electron chi connectivity index (χ4n) is 2.50. The molecule has 2 aromatic rings. The summed E-state index contributed by atoms with van der Waals surface area (Å²) in [4.78, 5) is 31.4. The minimum atomic E-state index is -0.510. The van der Waals surface area contributed by atoms with Crippen LogP contribution >= 0.6 is 22.9 Å². The summed E-state index contributed by atoms with van der Waals surface area (Å²) in [5.74, 6) is -1.34. The van der Waals surface area contributed by atoms with Crippen LogP contribution in [0.4, 0.5) is 9.52 Å². The quantitative estimate of drug-likeness (QED) is 0.438. The summed E-state index contributed by atoms with van der Waals surface area (Å²) in [6, 6.07) is 3.66. The van der Waals surface area contributed by atoms with E-state index in [-0.39, 0.29) is 23.1 Å². The third-order valence-electron chi connectivity index (χ3n) is 3.87. The molecule has 0 aliphatic heterocycles. The van der Waals surface area contributed by atoms with E-state index >= 15 is 0 Å². The van der Waals surface area contributed by atoms with Gasteiger partial charge < -0.3 is 4.74 Å². The number of hydrogen-bond acceptors (Lipinski definition) is 5. The van der Waals surface area contributed by atoms with Gasteiger partial charge in [-0.1, -0.05) is 42.7 Å². The summed E-state index contributed by atoms with van der Waals surface area (Å²) in [5.41, 5.74) is 0.701. The number of amides is 1. The molecule has 0 atom stereocenters. The SMILES string of the molecule is CCCCCN(C(=O)c1ccc(F)cc1Cl)c1nc(C)c(C(=O)OCC)s1. The Morgan fingerprint density at radius 1 is 1.30 bits per heavy atom. The number of rotatable bonds is 8. The molecule has 8 heteroatoms. The molecule has 0 N–H and O–H groups in total. The van der Waals surface area contributed by atoms with Crippen LogP contribution in [0.25, 0.3) is 0 Å². The Balaban J connectivity index is 2.38. The monoisotopic (exact) mass is 412 g/mol. The van der Waals surface area contributed by atoms with Crippen LogP contribution in [-0.4, -0.2) is 30.0 Å². The number of esters is 1. The van der Waals surface area contributed by atoms with Gasteiger partial charge in [0, 0.05) is 6.54 Å². The Hall–Kier alpha value is -1.99. The Morgan fingerprint density at radius 2 is 2.04 bits per heavy atom. The van der Waals surface area contributed by atoms with Crippen molar-refractivity contribution in [2.45, 2.75) is 40.0 Å². The van der Waals surface area contributed by atoms with Crippen LogP contribution < -0.4 is 4.90 Å². The Bertz CT molecular complexity index is 825. The van der Waals surface area contributed by atoms with Gasteiger partial charge in [-0.2, -0.15) is 0 Å². The lowest BCUT2D eigenvalue weighted by atomic mass is 10.2. The van der Waals surface area contributed by atoms with E-state index < -0.39 is 11.8 Å². The second kappa shape index (κ2) is 9.80. The molecule has 0 unspecified atom stereocenters. The van der Waals surface area contributed by atoms with E-state index in [4.69, 9.17) is 16.3 Å². The zero-order valence-corrected chi connectivity index (χ0v) is 17.1. The first-order valence-electron chi connectivity index (χ1n) is 8.80. The standard InChI is InChI=1S/C19H22ClFN2O3S/c1-4-6-7-10-23(17(24)14-9-8-13(21)11-15(14)20)19-22-12(3)16(27-19)18(25)26-5-2/h8-9,11H,4-7,10H2,1-3H3. The normalized spacial score (nSPS) is 10.7. The van der Waals surface area contributed by atoms with Gasteiger partial charge in [0.15, 0.2) is 5.13 Å². The van der Waals surface area contributed by atoms with E-state index in [1.165, 1.54) is 17.0 Å². The molecule has 0 aliphatic carbocycles. The summed E-state index contributed by atoms with van der Waals surface area (Å²) in [5, 5.41) is 0.441. The van der Waals surface area contributed by atoms with Crippen molar-refractivity contribution in [3.05, 3.63) is 45.2 Å². The molecule has 1 amide bonds. The highest BCUT2D eigenvalue weighted by Gasteiger charge is 2.25. The van der Waals surface area contributed by atoms with E-state index in [1.807, 2.05) is 0 Å². The molecule has 0 saturated heterocycles. The number of carbonyl (C=O) groups excluding carboxylic acids is 2. The molecule has 0 bridgehead atoms. The first-order valence-corrected chi connectivity index (χ1v) is 9.99. The van der Waals surface area contributed by atoms with Gasteiger partial charge in [-0.05, 0) is 38.5 Å². The summed E-state index contributed by atoms with van der Waals surface area (Å²) in [6.07, 6.45) is 2.70. The third-order valence-corrected chi connectivity index (χ3v) is 5.34. The lowest BCUT2D eigenvalue weighted by molar-refractivity contribution is 0.0531. The van der Waals surface area contributed by atoms with Gasteiger partial charge in [-0.15, -0.1) is 0 Å². The number of benzene rings is 1. The molecular formula is C19H22ClFN2O3S. The number of halogens is 2. The highest BCUT2D eigenvalue weighted by atomic mass is 35.5. The maximum atomic E-state index is 13.3. The zero-order valence-electron chi connectivity index (χ0n) is 15.6. The zero-order chi connectivity index (χ0) is 20.0. The fraction of sp³-hybridized carbons (Fsp3) is 0.421. The van der Waals surface area contributed by atoms with Gasteiger partial charge in [0.2, 0.25) is 0 Å². The average molecular weight is 413 g/mol. The second-order valence-electron chi connectivity index (χ2n) is 5.92. The molecule has 0 saturated carbocycles. The second-order valence-corrected chi connectivity index (χ2v) is 7.30. The highest BCUT2D eigenvalue weighted by molar-refractivity contribution is 7.17. The number of unbranched alkanes of at least 4 members (excludes halogenated alkanes) is 2. The lowest BCUT2D eigenvalue weighted by Crippen LogP contribution is -2.32. The molecule has 146 valence electrons. The molecule has 0 spiro atoms. The molecule has 0 radical (unpaired) electrons. The number of anilines is 1. The van der Waals surface area contributed by atoms with E-state index in [0.717, 1.165) is 36.7 Å². The lowest BCUT2D eigenvalue weighted by Gasteiger charge is -2.20. The van der Waals surface area contributed by atoms with Crippen molar-refractivity contribution in [1.29, 1.82) is 0 Å². The smallest absolute Gasteiger partial charge is 0.350 e. The van der Waals surface area contributed by atoms with Crippen LogP contribution in [-0.2, 0) is 4.74 Å². The van der Waals surface area contributed by atoms with Gasteiger partial charge in [0.1, 0.15) is 10.7 Å². The summed E-state index contributed by atoms with van der Waals surface area (Å²) in [6.45, 7) is 6.18. The van der Waals surface area contributed by atoms with Crippen LogP contribution in [0.15, 0.2) is 18.2 Å². The number of hydrogen-bond donors (Lipinski definition) is 0. The van der Waals surface area contributed by atoms with Crippen molar-refractivity contribution >= 4 is 39.9 Å². The highest BCUT2D eigenvalue weighted by Crippen LogP contribution is 2.30. The molecular weight excluding hydrogens is 391 g/mol. The van der Waals surface area contributed by atoms with Gasteiger partial charge in [0.25, 0.3) is 5.91 Å². The molecule has 1 aromatic carbocycles. The number of carbonyl (C=O) groups is 2. The molecule has 5 nitrogen and oxygen atoms in total. The number of ether oxygens (including phenoxy) is 1. The Morgan fingerprint density at radius 3 is 2.67 bits per heavy atom. The predicted molar refractivity (Wildman–Crippen MR) is 105 cm³/mol. The van der Waals surface area contributed by atoms with Crippen molar-refractivity contribution < 1.29 is 18.7 Å². The molecule has 2 rings (SSSR count). The first-order chi connectivity index (χ1) is 12.9. The Kier molecular flexibility index (Phi) is 7.74. The van der Waals surface area contributed by atoms with Crippen LogP contribution in [0, 0.1) is 12.7 Å². The van der Waals surface area contributed by atoms with Crippen molar-refractivity contribution in [3.63, 3.8) is 0 Å². The molecule has 1 heterocycles.